The Bertz CT molecular complexity index is 712. The van der Waals surface area contributed by atoms with Gasteiger partial charge in [-0.15, -0.1) is 5.10 Å². The number of benzene rings is 2. The van der Waals surface area contributed by atoms with E-state index in [0.717, 1.165) is 24.2 Å². The number of fused-ring (bicyclic) bond motifs is 1. The first-order valence-electron chi connectivity index (χ1n) is 6.93. The van der Waals surface area contributed by atoms with Gasteiger partial charge in [0.05, 0.1) is 17.9 Å². The molecule has 1 heterocycles. The van der Waals surface area contributed by atoms with Gasteiger partial charge in [-0.1, -0.05) is 54.6 Å². The second kappa shape index (κ2) is 5.43. The SMILES string of the molecule is CCCn1nncc1C(N)c1cccc2ccccc12. The maximum atomic E-state index is 6.46. The Morgan fingerprint density at radius 2 is 1.95 bits per heavy atom. The molecule has 1 aromatic heterocycles. The molecule has 0 saturated carbocycles. The van der Waals surface area contributed by atoms with Crippen molar-refractivity contribution in [1.29, 1.82) is 0 Å². The predicted octanol–water partition coefficient (Wildman–Crippen LogP) is 2.89. The quantitative estimate of drug-likeness (QED) is 0.790. The second-order valence-electron chi connectivity index (χ2n) is 4.93. The van der Waals surface area contributed by atoms with Gasteiger partial charge >= 0.3 is 0 Å². The lowest BCUT2D eigenvalue weighted by Crippen LogP contribution is -2.17. The molecule has 2 aromatic carbocycles. The van der Waals surface area contributed by atoms with Crippen LogP contribution >= 0.6 is 0 Å². The molecule has 3 rings (SSSR count). The highest BCUT2D eigenvalue weighted by Crippen LogP contribution is 2.26. The molecule has 0 bridgehead atoms. The van der Waals surface area contributed by atoms with E-state index in [-0.39, 0.29) is 6.04 Å². The molecule has 4 nitrogen and oxygen atoms in total. The Kier molecular flexibility index (Phi) is 3.48. The number of aryl methyl sites for hydroxylation is 1. The van der Waals surface area contributed by atoms with Gasteiger partial charge in [-0.3, -0.25) is 0 Å². The van der Waals surface area contributed by atoms with Crippen LogP contribution in [0, 0.1) is 0 Å². The van der Waals surface area contributed by atoms with Crippen molar-refractivity contribution in [3.05, 3.63) is 59.9 Å². The standard InChI is InChI=1S/C16H18N4/c1-2-10-20-15(11-18-19-20)16(17)14-9-5-7-12-6-3-4-8-13(12)14/h3-9,11,16H,2,10,17H2,1H3. The number of hydrogen-bond acceptors (Lipinski definition) is 3. The summed E-state index contributed by atoms with van der Waals surface area (Å²) in [6, 6.07) is 14.3. The number of nitrogens with zero attached hydrogens (tertiary/aromatic N) is 3. The van der Waals surface area contributed by atoms with Crippen LogP contribution in [0.3, 0.4) is 0 Å². The zero-order valence-electron chi connectivity index (χ0n) is 11.5. The Hall–Kier alpha value is -2.20. The van der Waals surface area contributed by atoms with E-state index >= 15 is 0 Å². The molecular weight excluding hydrogens is 248 g/mol. The van der Waals surface area contributed by atoms with Crippen LogP contribution in [0.15, 0.2) is 48.7 Å². The molecule has 1 atom stereocenters. The monoisotopic (exact) mass is 266 g/mol. The topological polar surface area (TPSA) is 56.7 Å². The fourth-order valence-corrected chi connectivity index (χ4v) is 2.57. The highest BCUT2D eigenvalue weighted by Gasteiger charge is 2.16. The molecule has 0 spiro atoms. The number of aromatic nitrogens is 3. The minimum absolute atomic E-state index is 0.206. The molecule has 2 N–H and O–H groups in total. The summed E-state index contributed by atoms with van der Waals surface area (Å²) in [6.07, 6.45) is 2.78. The lowest BCUT2D eigenvalue weighted by Gasteiger charge is -2.15. The molecule has 0 aliphatic carbocycles. The van der Waals surface area contributed by atoms with Crippen LogP contribution in [0.5, 0.6) is 0 Å². The third-order valence-electron chi connectivity index (χ3n) is 3.56. The van der Waals surface area contributed by atoms with Crippen LogP contribution < -0.4 is 5.73 Å². The van der Waals surface area contributed by atoms with Gasteiger partial charge in [0, 0.05) is 6.54 Å². The Balaban J connectivity index is 2.08. The van der Waals surface area contributed by atoms with Gasteiger partial charge in [0.15, 0.2) is 0 Å². The normalized spacial score (nSPS) is 12.7. The molecule has 3 aromatic rings. The molecule has 1 unspecified atom stereocenters. The summed E-state index contributed by atoms with van der Waals surface area (Å²) >= 11 is 0. The Morgan fingerprint density at radius 1 is 1.15 bits per heavy atom. The van der Waals surface area contributed by atoms with Crippen molar-refractivity contribution in [1.82, 2.24) is 15.0 Å². The van der Waals surface area contributed by atoms with Crippen molar-refractivity contribution in [2.75, 3.05) is 0 Å². The summed E-state index contributed by atoms with van der Waals surface area (Å²) in [5, 5.41) is 10.5. The zero-order chi connectivity index (χ0) is 13.9. The van der Waals surface area contributed by atoms with Crippen LogP contribution in [0.4, 0.5) is 0 Å². The van der Waals surface area contributed by atoms with Crippen LogP contribution in [0.1, 0.15) is 30.6 Å². The first-order valence-corrected chi connectivity index (χ1v) is 6.93. The second-order valence-corrected chi connectivity index (χ2v) is 4.93. The van der Waals surface area contributed by atoms with E-state index in [0.29, 0.717) is 0 Å². The van der Waals surface area contributed by atoms with E-state index in [1.165, 1.54) is 10.8 Å². The molecule has 20 heavy (non-hydrogen) atoms. The van der Waals surface area contributed by atoms with E-state index < -0.39 is 0 Å². The average molecular weight is 266 g/mol. The minimum atomic E-state index is -0.206. The van der Waals surface area contributed by atoms with Crippen LogP contribution in [0.25, 0.3) is 10.8 Å². The lowest BCUT2D eigenvalue weighted by molar-refractivity contribution is 0.544. The molecule has 0 radical (unpaired) electrons. The van der Waals surface area contributed by atoms with E-state index in [9.17, 15) is 0 Å². The molecule has 0 aliphatic rings. The van der Waals surface area contributed by atoms with Crippen molar-refractivity contribution in [3.8, 4) is 0 Å². The van der Waals surface area contributed by atoms with Gasteiger partial charge in [-0.2, -0.15) is 0 Å². The van der Waals surface area contributed by atoms with E-state index in [1.807, 2.05) is 22.9 Å². The average Bonchev–Trinajstić information content (AvgIpc) is 2.94. The lowest BCUT2D eigenvalue weighted by atomic mass is 9.97. The summed E-state index contributed by atoms with van der Waals surface area (Å²) < 4.78 is 1.90. The summed E-state index contributed by atoms with van der Waals surface area (Å²) in [4.78, 5) is 0. The Morgan fingerprint density at radius 3 is 2.80 bits per heavy atom. The van der Waals surface area contributed by atoms with Gasteiger partial charge < -0.3 is 5.73 Å². The predicted molar refractivity (Wildman–Crippen MR) is 80.3 cm³/mol. The summed E-state index contributed by atoms with van der Waals surface area (Å²) in [6.45, 7) is 2.96. The van der Waals surface area contributed by atoms with Crippen molar-refractivity contribution in [3.63, 3.8) is 0 Å². The number of rotatable bonds is 4. The van der Waals surface area contributed by atoms with Crippen LogP contribution in [-0.4, -0.2) is 15.0 Å². The number of hydrogen-bond donors (Lipinski definition) is 1. The van der Waals surface area contributed by atoms with Crippen LogP contribution in [-0.2, 0) is 6.54 Å². The van der Waals surface area contributed by atoms with Gasteiger partial charge in [-0.05, 0) is 22.8 Å². The first kappa shape index (κ1) is 12.8. The van der Waals surface area contributed by atoms with Gasteiger partial charge in [-0.25, -0.2) is 4.68 Å². The minimum Gasteiger partial charge on any atom is -0.319 e. The first-order chi connectivity index (χ1) is 9.81. The third-order valence-corrected chi connectivity index (χ3v) is 3.56. The molecular formula is C16H18N4. The molecule has 0 saturated heterocycles. The maximum absolute atomic E-state index is 6.46. The molecule has 4 heteroatoms. The van der Waals surface area contributed by atoms with Gasteiger partial charge in [0.1, 0.15) is 0 Å². The molecule has 0 aliphatic heterocycles. The van der Waals surface area contributed by atoms with Crippen molar-refractivity contribution >= 4 is 10.8 Å². The van der Waals surface area contributed by atoms with E-state index in [4.69, 9.17) is 5.73 Å². The fraction of sp³-hybridized carbons (Fsp3) is 0.250. The molecule has 0 fully saturated rings. The van der Waals surface area contributed by atoms with E-state index in [2.05, 4.69) is 41.5 Å². The summed E-state index contributed by atoms with van der Waals surface area (Å²) in [5.74, 6) is 0. The fourth-order valence-electron chi connectivity index (χ4n) is 2.57. The third kappa shape index (κ3) is 2.18. The maximum Gasteiger partial charge on any atom is 0.0800 e. The smallest absolute Gasteiger partial charge is 0.0800 e. The molecule has 0 amide bonds. The van der Waals surface area contributed by atoms with Crippen molar-refractivity contribution in [2.45, 2.75) is 25.9 Å². The molecule has 102 valence electrons. The highest BCUT2D eigenvalue weighted by molar-refractivity contribution is 5.86. The largest absolute Gasteiger partial charge is 0.319 e. The number of nitrogens with two attached hydrogens (primary N) is 1. The van der Waals surface area contributed by atoms with Gasteiger partial charge in [0.2, 0.25) is 0 Å². The van der Waals surface area contributed by atoms with E-state index in [1.54, 1.807) is 6.20 Å². The van der Waals surface area contributed by atoms with Crippen molar-refractivity contribution < 1.29 is 0 Å². The Labute approximate surface area is 118 Å². The van der Waals surface area contributed by atoms with Crippen LogP contribution in [0.2, 0.25) is 0 Å². The summed E-state index contributed by atoms with van der Waals surface area (Å²) in [5.41, 5.74) is 8.53. The summed E-state index contributed by atoms with van der Waals surface area (Å²) in [7, 11) is 0. The zero-order valence-corrected chi connectivity index (χ0v) is 11.5. The van der Waals surface area contributed by atoms with Gasteiger partial charge in [0.25, 0.3) is 0 Å². The highest BCUT2D eigenvalue weighted by atomic mass is 15.4. The van der Waals surface area contributed by atoms with Crippen molar-refractivity contribution in [2.24, 2.45) is 5.73 Å².